The first kappa shape index (κ1) is 14.0. The Kier molecular flexibility index (Phi) is 3.60. The summed E-state index contributed by atoms with van der Waals surface area (Å²) < 4.78 is 5.91. The number of hydrogen-bond acceptors (Lipinski definition) is 3. The minimum absolute atomic E-state index is 0.139. The van der Waals surface area contributed by atoms with Crippen LogP contribution < -0.4 is 15.4 Å². The number of benzene rings is 2. The zero-order chi connectivity index (χ0) is 15.6. The monoisotopic (exact) mass is 306 g/mol. The summed E-state index contributed by atoms with van der Waals surface area (Å²) in [4.78, 5) is 12.4. The second-order valence-corrected chi connectivity index (χ2v) is 5.82. The Hall–Kier alpha value is -2.59. The van der Waals surface area contributed by atoms with E-state index in [0.29, 0.717) is 11.5 Å². The van der Waals surface area contributed by atoms with Gasteiger partial charge in [-0.1, -0.05) is 36.4 Å². The summed E-state index contributed by atoms with van der Waals surface area (Å²) in [7, 11) is 0. The second-order valence-electron chi connectivity index (χ2n) is 5.82. The van der Waals surface area contributed by atoms with Crippen LogP contribution in [0.5, 0.6) is 5.75 Å². The molecule has 2 aromatic carbocycles. The lowest BCUT2D eigenvalue weighted by Crippen LogP contribution is -2.30. The molecule has 2 heterocycles. The highest BCUT2D eigenvalue weighted by molar-refractivity contribution is 6.06. The van der Waals surface area contributed by atoms with E-state index >= 15 is 0 Å². The minimum atomic E-state index is -0.139. The van der Waals surface area contributed by atoms with Gasteiger partial charge in [0.2, 0.25) is 0 Å². The molecule has 0 spiro atoms. The average Bonchev–Trinajstić information content (AvgIpc) is 2.62. The lowest BCUT2D eigenvalue weighted by Gasteiger charge is -2.25. The van der Waals surface area contributed by atoms with Gasteiger partial charge in [0, 0.05) is 0 Å². The molecule has 2 aliphatic rings. The lowest BCUT2D eigenvalue weighted by atomic mass is 10.0. The van der Waals surface area contributed by atoms with Crippen molar-refractivity contribution >= 4 is 11.6 Å². The molecule has 0 aromatic heterocycles. The molecule has 2 aliphatic heterocycles. The lowest BCUT2D eigenvalue weighted by molar-refractivity contribution is -0.115. The van der Waals surface area contributed by atoms with E-state index in [9.17, 15) is 4.79 Å². The van der Waals surface area contributed by atoms with E-state index in [4.69, 9.17) is 4.74 Å². The van der Waals surface area contributed by atoms with Gasteiger partial charge in [-0.15, -0.1) is 0 Å². The van der Waals surface area contributed by atoms with Crippen molar-refractivity contribution in [3.05, 3.63) is 59.9 Å². The number of fused-ring (bicyclic) bond motifs is 1. The highest BCUT2D eigenvalue weighted by atomic mass is 16.5. The molecule has 0 atom stereocenters. The number of hydrogen-bond donors (Lipinski definition) is 2. The van der Waals surface area contributed by atoms with Gasteiger partial charge in [0.15, 0.2) is 11.5 Å². The average molecular weight is 306 g/mol. The third kappa shape index (κ3) is 2.73. The highest BCUT2D eigenvalue weighted by Gasteiger charge is 2.26. The number of carbonyl (C=O) groups is 1. The van der Waals surface area contributed by atoms with Gasteiger partial charge in [0.1, 0.15) is 0 Å². The molecule has 2 aromatic rings. The first-order valence-corrected chi connectivity index (χ1v) is 7.93. The van der Waals surface area contributed by atoms with Crippen molar-refractivity contribution in [1.82, 2.24) is 5.32 Å². The molecule has 1 amide bonds. The number of anilines is 1. The molecular formula is C19H18N2O2. The molecule has 0 bridgehead atoms. The molecule has 116 valence electrons. The third-order valence-electron chi connectivity index (χ3n) is 4.28. The van der Waals surface area contributed by atoms with Gasteiger partial charge < -0.3 is 15.4 Å². The van der Waals surface area contributed by atoms with Gasteiger partial charge in [-0.2, -0.15) is 0 Å². The van der Waals surface area contributed by atoms with Crippen molar-refractivity contribution in [2.45, 2.75) is 12.8 Å². The number of piperidine rings is 1. The Morgan fingerprint density at radius 1 is 0.913 bits per heavy atom. The van der Waals surface area contributed by atoms with E-state index in [1.165, 1.54) is 0 Å². The number of rotatable bonds is 1. The normalized spacial score (nSPS) is 17.3. The Bertz CT molecular complexity index is 773. The standard InChI is InChI=1S/C19H18N2O2/c22-19-18(14-8-10-20-11-9-14)23-17-7-6-15(12-16(17)21-19)13-4-2-1-3-5-13/h1-7,12,20H,8-11H2,(H,21,22). The predicted molar refractivity (Wildman–Crippen MR) is 90.3 cm³/mol. The quantitative estimate of drug-likeness (QED) is 0.795. The van der Waals surface area contributed by atoms with E-state index in [1.54, 1.807) is 0 Å². The number of nitrogens with one attached hydrogen (secondary N) is 2. The molecule has 0 saturated carbocycles. The summed E-state index contributed by atoms with van der Waals surface area (Å²) in [5.41, 5.74) is 4.01. The van der Waals surface area contributed by atoms with Crippen LogP contribution in [0.4, 0.5) is 5.69 Å². The van der Waals surface area contributed by atoms with Gasteiger partial charge >= 0.3 is 0 Å². The van der Waals surface area contributed by atoms with Crippen molar-refractivity contribution in [1.29, 1.82) is 0 Å². The van der Waals surface area contributed by atoms with Crippen molar-refractivity contribution < 1.29 is 9.53 Å². The van der Waals surface area contributed by atoms with Gasteiger partial charge in [-0.25, -0.2) is 0 Å². The van der Waals surface area contributed by atoms with Crippen LogP contribution in [-0.4, -0.2) is 19.0 Å². The minimum Gasteiger partial charge on any atom is -0.449 e. The molecule has 0 unspecified atom stereocenters. The van der Waals surface area contributed by atoms with E-state index in [0.717, 1.165) is 48.3 Å². The maximum atomic E-state index is 12.4. The van der Waals surface area contributed by atoms with Crippen molar-refractivity contribution in [3.63, 3.8) is 0 Å². The van der Waals surface area contributed by atoms with Crippen molar-refractivity contribution in [2.75, 3.05) is 18.4 Å². The van der Waals surface area contributed by atoms with Crippen molar-refractivity contribution in [2.24, 2.45) is 0 Å². The molecule has 4 rings (SSSR count). The van der Waals surface area contributed by atoms with E-state index in [1.807, 2.05) is 36.4 Å². The van der Waals surface area contributed by atoms with E-state index < -0.39 is 0 Å². The molecule has 0 aliphatic carbocycles. The van der Waals surface area contributed by atoms with Crippen molar-refractivity contribution in [3.8, 4) is 16.9 Å². The molecule has 0 radical (unpaired) electrons. The third-order valence-corrected chi connectivity index (χ3v) is 4.28. The topological polar surface area (TPSA) is 50.4 Å². The van der Waals surface area contributed by atoms with Crippen LogP contribution in [0.1, 0.15) is 12.8 Å². The summed E-state index contributed by atoms with van der Waals surface area (Å²) in [5.74, 6) is 1.05. The number of ether oxygens (including phenoxy) is 1. The Balaban J connectivity index is 1.68. The van der Waals surface area contributed by atoms with Gasteiger partial charge in [-0.05, 0) is 54.8 Å². The van der Waals surface area contributed by atoms with Gasteiger partial charge in [0.25, 0.3) is 5.91 Å². The fourth-order valence-electron chi connectivity index (χ4n) is 3.05. The zero-order valence-electron chi connectivity index (χ0n) is 12.8. The molecule has 2 N–H and O–H groups in total. The molecule has 1 saturated heterocycles. The van der Waals surface area contributed by atoms with Crippen LogP contribution in [0.25, 0.3) is 11.1 Å². The fraction of sp³-hybridized carbons (Fsp3) is 0.211. The fourth-order valence-corrected chi connectivity index (χ4v) is 3.05. The molecule has 1 fully saturated rings. The first-order chi connectivity index (χ1) is 11.3. The SMILES string of the molecule is O=C1Nc2cc(-c3ccccc3)ccc2OC1=C1CCNCC1. The summed E-state index contributed by atoms with van der Waals surface area (Å²) in [6.45, 7) is 1.80. The summed E-state index contributed by atoms with van der Waals surface area (Å²) >= 11 is 0. The molecule has 23 heavy (non-hydrogen) atoms. The Labute approximate surface area is 135 Å². The van der Waals surface area contributed by atoms with Crippen LogP contribution in [0.15, 0.2) is 59.9 Å². The molecule has 4 nitrogen and oxygen atoms in total. The maximum absolute atomic E-state index is 12.4. The van der Waals surface area contributed by atoms with Gasteiger partial charge in [-0.3, -0.25) is 4.79 Å². The largest absolute Gasteiger partial charge is 0.449 e. The Morgan fingerprint density at radius 2 is 1.70 bits per heavy atom. The number of carbonyl (C=O) groups excluding carboxylic acids is 1. The Morgan fingerprint density at radius 3 is 2.48 bits per heavy atom. The van der Waals surface area contributed by atoms with E-state index in [-0.39, 0.29) is 5.91 Å². The molecule has 4 heteroatoms. The summed E-state index contributed by atoms with van der Waals surface area (Å²) in [6.07, 6.45) is 1.72. The zero-order valence-corrected chi connectivity index (χ0v) is 12.8. The van der Waals surface area contributed by atoms with Crippen LogP contribution in [-0.2, 0) is 4.79 Å². The summed E-state index contributed by atoms with van der Waals surface area (Å²) in [6, 6.07) is 16.0. The second kappa shape index (κ2) is 5.89. The predicted octanol–water partition coefficient (Wildman–Crippen LogP) is 3.32. The smallest absolute Gasteiger partial charge is 0.291 e. The van der Waals surface area contributed by atoms with Crippen LogP contribution in [0.3, 0.4) is 0 Å². The number of amides is 1. The van der Waals surface area contributed by atoms with E-state index in [2.05, 4.69) is 22.8 Å². The first-order valence-electron chi connectivity index (χ1n) is 7.93. The van der Waals surface area contributed by atoms with Crippen LogP contribution in [0.2, 0.25) is 0 Å². The van der Waals surface area contributed by atoms with Crippen LogP contribution >= 0.6 is 0 Å². The highest BCUT2D eigenvalue weighted by Crippen LogP contribution is 2.36. The molecular weight excluding hydrogens is 288 g/mol. The maximum Gasteiger partial charge on any atom is 0.291 e. The summed E-state index contributed by atoms with van der Waals surface area (Å²) in [5, 5.41) is 6.27. The van der Waals surface area contributed by atoms with Crippen LogP contribution in [0, 0.1) is 0 Å². The van der Waals surface area contributed by atoms with Gasteiger partial charge in [0.05, 0.1) is 5.69 Å².